The van der Waals surface area contributed by atoms with Gasteiger partial charge in [-0.25, -0.2) is 4.79 Å². The fraction of sp³-hybridized carbons (Fsp3) is 0.250. The SMILES string of the molecule is NC(CCC(=O)O)C(=O)Nc1cc(C(=O)O)ccc1Cl. The second-order valence-electron chi connectivity index (χ2n) is 4.03. The van der Waals surface area contributed by atoms with Gasteiger partial charge >= 0.3 is 11.9 Å². The maximum atomic E-state index is 11.7. The quantitative estimate of drug-likeness (QED) is 0.624. The molecule has 0 aliphatic heterocycles. The molecule has 20 heavy (non-hydrogen) atoms. The fourth-order valence-corrected chi connectivity index (χ4v) is 1.55. The van der Waals surface area contributed by atoms with Crippen molar-refractivity contribution in [1.82, 2.24) is 0 Å². The molecule has 1 aromatic carbocycles. The molecule has 108 valence electrons. The number of hydrogen-bond donors (Lipinski definition) is 4. The molecule has 8 heteroatoms. The van der Waals surface area contributed by atoms with Gasteiger partial charge in [0.25, 0.3) is 0 Å². The van der Waals surface area contributed by atoms with Crippen LogP contribution in [0.1, 0.15) is 23.2 Å². The van der Waals surface area contributed by atoms with Gasteiger partial charge in [0.05, 0.1) is 22.3 Å². The van der Waals surface area contributed by atoms with E-state index in [1.165, 1.54) is 18.2 Å². The normalized spacial score (nSPS) is 11.7. The molecule has 0 saturated carbocycles. The van der Waals surface area contributed by atoms with E-state index in [1.807, 2.05) is 0 Å². The van der Waals surface area contributed by atoms with Crippen LogP contribution in [0.5, 0.6) is 0 Å². The summed E-state index contributed by atoms with van der Waals surface area (Å²) < 4.78 is 0. The number of rotatable bonds is 6. The minimum Gasteiger partial charge on any atom is -0.481 e. The van der Waals surface area contributed by atoms with Gasteiger partial charge in [-0.05, 0) is 24.6 Å². The van der Waals surface area contributed by atoms with E-state index in [2.05, 4.69) is 5.32 Å². The van der Waals surface area contributed by atoms with E-state index in [-0.39, 0.29) is 29.1 Å². The van der Waals surface area contributed by atoms with Crippen molar-refractivity contribution in [2.24, 2.45) is 5.73 Å². The first-order valence-corrected chi connectivity index (χ1v) is 6.00. The van der Waals surface area contributed by atoms with Crippen LogP contribution in [-0.4, -0.2) is 34.1 Å². The Morgan fingerprint density at radius 1 is 1.30 bits per heavy atom. The number of carboxylic acids is 2. The maximum absolute atomic E-state index is 11.7. The molecule has 0 aliphatic rings. The number of halogens is 1. The third-order valence-electron chi connectivity index (χ3n) is 2.48. The Morgan fingerprint density at radius 3 is 2.50 bits per heavy atom. The lowest BCUT2D eigenvalue weighted by Gasteiger charge is -2.12. The third-order valence-corrected chi connectivity index (χ3v) is 2.81. The Labute approximate surface area is 119 Å². The number of aromatic carboxylic acids is 1. The highest BCUT2D eigenvalue weighted by Gasteiger charge is 2.17. The zero-order chi connectivity index (χ0) is 15.3. The van der Waals surface area contributed by atoms with Crippen molar-refractivity contribution in [3.8, 4) is 0 Å². The fourth-order valence-electron chi connectivity index (χ4n) is 1.39. The maximum Gasteiger partial charge on any atom is 0.335 e. The van der Waals surface area contributed by atoms with Gasteiger partial charge in [-0.1, -0.05) is 11.6 Å². The first-order valence-electron chi connectivity index (χ1n) is 5.62. The molecule has 1 aromatic rings. The van der Waals surface area contributed by atoms with Crippen LogP contribution >= 0.6 is 11.6 Å². The van der Waals surface area contributed by atoms with Crippen LogP contribution in [0, 0.1) is 0 Å². The van der Waals surface area contributed by atoms with Crippen LogP contribution in [0.3, 0.4) is 0 Å². The lowest BCUT2D eigenvalue weighted by molar-refractivity contribution is -0.137. The van der Waals surface area contributed by atoms with Crippen molar-refractivity contribution in [1.29, 1.82) is 0 Å². The van der Waals surface area contributed by atoms with Gasteiger partial charge in [0.2, 0.25) is 5.91 Å². The molecular weight excluding hydrogens is 288 g/mol. The summed E-state index contributed by atoms with van der Waals surface area (Å²) in [5.74, 6) is -2.85. The summed E-state index contributed by atoms with van der Waals surface area (Å²) in [7, 11) is 0. The Kier molecular flexibility index (Phi) is 5.48. The molecule has 0 aliphatic carbocycles. The van der Waals surface area contributed by atoms with E-state index in [1.54, 1.807) is 0 Å². The number of carbonyl (C=O) groups is 3. The summed E-state index contributed by atoms with van der Waals surface area (Å²) in [6, 6.07) is 2.82. The van der Waals surface area contributed by atoms with Crippen LogP contribution in [0.4, 0.5) is 5.69 Å². The highest BCUT2D eigenvalue weighted by atomic mass is 35.5. The average Bonchev–Trinajstić information content (AvgIpc) is 2.37. The van der Waals surface area contributed by atoms with Crippen molar-refractivity contribution in [2.45, 2.75) is 18.9 Å². The summed E-state index contributed by atoms with van der Waals surface area (Å²) >= 11 is 5.83. The zero-order valence-electron chi connectivity index (χ0n) is 10.3. The van der Waals surface area contributed by atoms with Crippen molar-refractivity contribution < 1.29 is 24.6 Å². The average molecular weight is 301 g/mol. The summed E-state index contributed by atoms with van der Waals surface area (Å²) in [6.45, 7) is 0. The first-order chi connectivity index (χ1) is 9.31. The number of hydrogen-bond acceptors (Lipinski definition) is 4. The number of nitrogens with two attached hydrogens (primary N) is 1. The number of carboxylic acid groups (broad SMARTS) is 2. The molecule has 0 heterocycles. The summed E-state index contributed by atoms with van der Waals surface area (Å²) in [5, 5.41) is 19.9. The standard InChI is InChI=1S/C12H13ClN2O5/c13-7-2-1-6(12(19)20)5-9(7)15-11(18)8(14)3-4-10(16)17/h1-2,5,8H,3-4,14H2,(H,15,18)(H,16,17)(H,19,20). The number of nitrogens with one attached hydrogen (secondary N) is 1. The van der Waals surface area contributed by atoms with E-state index < -0.39 is 23.9 Å². The Morgan fingerprint density at radius 2 is 1.95 bits per heavy atom. The largest absolute Gasteiger partial charge is 0.481 e. The van der Waals surface area contributed by atoms with Crippen LogP contribution in [0.25, 0.3) is 0 Å². The molecule has 0 aromatic heterocycles. The van der Waals surface area contributed by atoms with Gasteiger partial charge in [0.15, 0.2) is 0 Å². The van der Waals surface area contributed by atoms with E-state index >= 15 is 0 Å². The molecular formula is C12H13ClN2O5. The molecule has 1 amide bonds. The Bertz CT molecular complexity index is 547. The van der Waals surface area contributed by atoms with Crippen LogP contribution in [0.15, 0.2) is 18.2 Å². The number of aliphatic carboxylic acids is 1. The predicted molar refractivity (Wildman–Crippen MR) is 71.9 cm³/mol. The number of amides is 1. The smallest absolute Gasteiger partial charge is 0.335 e. The molecule has 1 unspecified atom stereocenters. The second kappa shape index (κ2) is 6.88. The first kappa shape index (κ1) is 15.9. The highest BCUT2D eigenvalue weighted by molar-refractivity contribution is 6.33. The van der Waals surface area contributed by atoms with E-state index in [0.29, 0.717) is 0 Å². The Hall–Kier alpha value is -2.12. The van der Waals surface area contributed by atoms with Crippen molar-refractivity contribution >= 4 is 35.1 Å². The topological polar surface area (TPSA) is 130 Å². The summed E-state index contributed by atoms with van der Waals surface area (Å²) in [6.07, 6.45) is -0.269. The molecule has 0 bridgehead atoms. The molecule has 0 saturated heterocycles. The Balaban J connectivity index is 2.77. The zero-order valence-corrected chi connectivity index (χ0v) is 11.1. The molecule has 0 fully saturated rings. The van der Waals surface area contributed by atoms with Gasteiger partial charge < -0.3 is 21.3 Å². The third kappa shape index (κ3) is 4.52. The number of benzene rings is 1. The molecule has 0 spiro atoms. The van der Waals surface area contributed by atoms with Crippen LogP contribution in [0.2, 0.25) is 5.02 Å². The molecule has 1 rings (SSSR count). The van der Waals surface area contributed by atoms with Crippen molar-refractivity contribution in [2.75, 3.05) is 5.32 Å². The molecule has 7 nitrogen and oxygen atoms in total. The summed E-state index contributed by atoms with van der Waals surface area (Å²) in [4.78, 5) is 32.9. The number of carbonyl (C=O) groups excluding carboxylic acids is 1. The molecule has 5 N–H and O–H groups in total. The van der Waals surface area contributed by atoms with Crippen LogP contribution < -0.4 is 11.1 Å². The van der Waals surface area contributed by atoms with Crippen molar-refractivity contribution in [3.05, 3.63) is 28.8 Å². The molecule has 0 radical (unpaired) electrons. The van der Waals surface area contributed by atoms with Gasteiger partial charge in [-0.2, -0.15) is 0 Å². The second-order valence-corrected chi connectivity index (χ2v) is 4.44. The van der Waals surface area contributed by atoms with Gasteiger partial charge in [-0.3, -0.25) is 9.59 Å². The minimum absolute atomic E-state index is 0.0304. The monoisotopic (exact) mass is 300 g/mol. The van der Waals surface area contributed by atoms with Crippen molar-refractivity contribution in [3.63, 3.8) is 0 Å². The predicted octanol–water partition coefficient (Wildman–Crippen LogP) is 1.17. The van der Waals surface area contributed by atoms with Gasteiger partial charge in [0, 0.05) is 6.42 Å². The van der Waals surface area contributed by atoms with E-state index in [0.717, 1.165) is 0 Å². The van der Waals surface area contributed by atoms with Crippen LogP contribution in [-0.2, 0) is 9.59 Å². The van der Waals surface area contributed by atoms with E-state index in [4.69, 9.17) is 27.5 Å². The van der Waals surface area contributed by atoms with Gasteiger partial charge in [-0.15, -0.1) is 0 Å². The van der Waals surface area contributed by atoms with E-state index in [9.17, 15) is 14.4 Å². The lowest BCUT2D eigenvalue weighted by atomic mass is 10.1. The lowest BCUT2D eigenvalue weighted by Crippen LogP contribution is -2.36. The minimum atomic E-state index is -1.16. The molecule has 1 atom stereocenters. The summed E-state index contributed by atoms with van der Waals surface area (Å²) in [5.41, 5.74) is 5.60. The van der Waals surface area contributed by atoms with Gasteiger partial charge in [0.1, 0.15) is 0 Å². The number of anilines is 1. The highest BCUT2D eigenvalue weighted by Crippen LogP contribution is 2.23.